The Morgan fingerprint density at radius 1 is 1.40 bits per heavy atom. The van der Waals surface area contributed by atoms with Crippen molar-refractivity contribution in [2.45, 2.75) is 44.1 Å². The Bertz CT molecular complexity index is 362. The van der Waals surface area contributed by atoms with Crippen LogP contribution in [-0.4, -0.2) is 47.7 Å². The fraction of sp³-hybridized carbons (Fsp3) is 0.700. The molecule has 0 aliphatic carbocycles. The molecule has 0 aliphatic rings. The summed E-state index contributed by atoms with van der Waals surface area (Å²) in [7, 11) is 0. The molecule has 0 rings (SSSR count). The molecule has 0 heterocycles. The van der Waals surface area contributed by atoms with E-state index in [0.29, 0.717) is 0 Å². The number of halogens is 3. The summed E-state index contributed by atoms with van der Waals surface area (Å²) in [6.45, 7) is 1.24. The zero-order valence-electron chi connectivity index (χ0n) is 10.6. The number of primary amides is 1. The third-order valence-corrected chi connectivity index (χ3v) is 2.46. The molecule has 1 unspecified atom stereocenters. The second-order valence-corrected chi connectivity index (χ2v) is 4.11. The van der Waals surface area contributed by atoms with Crippen LogP contribution in [-0.2, 0) is 14.4 Å². The van der Waals surface area contributed by atoms with Crippen molar-refractivity contribution in [1.29, 1.82) is 0 Å². The summed E-state index contributed by atoms with van der Waals surface area (Å²) in [5, 5.41) is 13.1. The predicted octanol–water partition coefficient (Wildman–Crippen LogP) is -1.21. The fourth-order valence-corrected chi connectivity index (χ4v) is 1.32. The summed E-state index contributed by atoms with van der Waals surface area (Å²) in [6.07, 6.45) is -8.50. The quantitative estimate of drug-likeness (QED) is 0.420. The number of amides is 3. The first-order chi connectivity index (χ1) is 9.09. The molecule has 0 aromatic rings. The molecular weight excluding hydrogens is 283 g/mol. The Morgan fingerprint density at radius 2 is 1.95 bits per heavy atom. The normalized spacial score (nSPS) is 15.8. The summed E-state index contributed by atoms with van der Waals surface area (Å²) < 4.78 is 37.3. The van der Waals surface area contributed by atoms with E-state index in [2.05, 4.69) is 0 Å². The van der Waals surface area contributed by atoms with Gasteiger partial charge in [0.05, 0.1) is 6.04 Å². The Balaban J connectivity index is 4.80. The number of carbonyl (C=O) groups excluding carboxylic acids is 3. The van der Waals surface area contributed by atoms with Gasteiger partial charge in [0.2, 0.25) is 18.2 Å². The molecule has 0 saturated carbocycles. The second-order valence-electron chi connectivity index (χ2n) is 4.11. The van der Waals surface area contributed by atoms with E-state index in [1.54, 1.807) is 0 Å². The van der Waals surface area contributed by atoms with Gasteiger partial charge in [-0.2, -0.15) is 13.2 Å². The Hall–Kier alpha value is -1.84. The standard InChI is InChI=1S/C10H16F3N3O4/c1-5(15-4-17)9(20)16-6(2-3-7(14)18)8(19)10(11,12)13/h4-6,8,19H,2-3H2,1H3,(H2,14,18)(H,15,17)(H,16,20)/t5-,6+,8?/m1/s1. The molecule has 0 fully saturated rings. The number of hydrogen-bond donors (Lipinski definition) is 4. The molecule has 116 valence electrons. The molecule has 0 saturated heterocycles. The van der Waals surface area contributed by atoms with Gasteiger partial charge in [0, 0.05) is 6.42 Å². The summed E-state index contributed by atoms with van der Waals surface area (Å²) in [4.78, 5) is 32.2. The lowest BCUT2D eigenvalue weighted by Gasteiger charge is -2.26. The van der Waals surface area contributed by atoms with E-state index in [-0.39, 0.29) is 6.41 Å². The van der Waals surface area contributed by atoms with Crippen LogP contribution in [0.1, 0.15) is 19.8 Å². The number of carbonyl (C=O) groups is 3. The van der Waals surface area contributed by atoms with Gasteiger partial charge < -0.3 is 21.5 Å². The highest BCUT2D eigenvalue weighted by Gasteiger charge is 2.44. The molecule has 5 N–H and O–H groups in total. The lowest BCUT2D eigenvalue weighted by Crippen LogP contribution is -2.54. The highest BCUT2D eigenvalue weighted by molar-refractivity contribution is 5.83. The maximum absolute atomic E-state index is 12.4. The van der Waals surface area contributed by atoms with Crippen LogP contribution in [0.25, 0.3) is 0 Å². The van der Waals surface area contributed by atoms with Crippen molar-refractivity contribution in [3.63, 3.8) is 0 Å². The van der Waals surface area contributed by atoms with E-state index in [1.165, 1.54) is 6.92 Å². The number of hydrogen-bond acceptors (Lipinski definition) is 4. The number of aliphatic hydroxyl groups is 1. The van der Waals surface area contributed by atoms with Gasteiger partial charge in [-0.3, -0.25) is 14.4 Å². The second kappa shape index (κ2) is 7.68. The number of nitrogens with two attached hydrogens (primary N) is 1. The first-order valence-corrected chi connectivity index (χ1v) is 5.62. The maximum Gasteiger partial charge on any atom is 0.416 e. The van der Waals surface area contributed by atoms with Crippen molar-refractivity contribution in [3.05, 3.63) is 0 Å². The summed E-state index contributed by atoms with van der Waals surface area (Å²) >= 11 is 0. The van der Waals surface area contributed by atoms with Crippen molar-refractivity contribution in [1.82, 2.24) is 10.6 Å². The number of nitrogens with one attached hydrogen (secondary N) is 2. The summed E-state index contributed by atoms with van der Waals surface area (Å²) in [6, 6.07) is -2.81. The van der Waals surface area contributed by atoms with Crippen LogP contribution >= 0.6 is 0 Å². The molecule has 0 aromatic heterocycles. The monoisotopic (exact) mass is 299 g/mol. The minimum Gasteiger partial charge on any atom is -0.382 e. The third-order valence-electron chi connectivity index (χ3n) is 2.46. The lowest BCUT2D eigenvalue weighted by atomic mass is 10.0. The first-order valence-electron chi connectivity index (χ1n) is 5.62. The largest absolute Gasteiger partial charge is 0.416 e. The molecule has 3 atom stereocenters. The average molecular weight is 299 g/mol. The van der Waals surface area contributed by atoms with Crippen LogP contribution in [0.15, 0.2) is 0 Å². The van der Waals surface area contributed by atoms with E-state index < -0.39 is 49.0 Å². The molecule has 0 radical (unpaired) electrons. The van der Waals surface area contributed by atoms with Crippen LogP contribution in [0.5, 0.6) is 0 Å². The zero-order valence-corrected chi connectivity index (χ0v) is 10.6. The molecule has 3 amide bonds. The molecular formula is C10H16F3N3O4. The van der Waals surface area contributed by atoms with Gasteiger partial charge in [-0.05, 0) is 13.3 Å². The van der Waals surface area contributed by atoms with Crippen molar-refractivity contribution >= 4 is 18.2 Å². The molecule has 0 aromatic carbocycles. The Morgan fingerprint density at radius 3 is 2.35 bits per heavy atom. The molecule has 20 heavy (non-hydrogen) atoms. The number of rotatable bonds is 8. The molecule has 0 bridgehead atoms. The SMILES string of the molecule is C[C@@H](NC=O)C(=O)N[C@@H](CCC(N)=O)C(O)C(F)(F)F. The zero-order chi connectivity index (χ0) is 15.9. The van der Waals surface area contributed by atoms with Crippen molar-refractivity contribution in [2.24, 2.45) is 5.73 Å². The topological polar surface area (TPSA) is 122 Å². The summed E-state index contributed by atoms with van der Waals surface area (Å²) in [5.41, 5.74) is 4.82. The van der Waals surface area contributed by atoms with E-state index in [0.717, 1.165) is 0 Å². The van der Waals surface area contributed by atoms with E-state index in [1.807, 2.05) is 10.6 Å². The molecule has 0 aliphatic heterocycles. The number of aliphatic hydroxyl groups excluding tert-OH is 1. The van der Waals surface area contributed by atoms with E-state index in [9.17, 15) is 27.6 Å². The van der Waals surface area contributed by atoms with Crippen LogP contribution in [0.2, 0.25) is 0 Å². The molecule has 0 spiro atoms. The van der Waals surface area contributed by atoms with Crippen LogP contribution < -0.4 is 16.4 Å². The van der Waals surface area contributed by atoms with Gasteiger partial charge in [0.15, 0.2) is 6.10 Å². The van der Waals surface area contributed by atoms with Gasteiger partial charge in [0.25, 0.3) is 0 Å². The highest BCUT2D eigenvalue weighted by Crippen LogP contribution is 2.24. The van der Waals surface area contributed by atoms with Crippen LogP contribution in [0.4, 0.5) is 13.2 Å². The van der Waals surface area contributed by atoms with Crippen LogP contribution in [0.3, 0.4) is 0 Å². The van der Waals surface area contributed by atoms with Crippen molar-refractivity contribution in [3.8, 4) is 0 Å². The first kappa shape index (κ1) is 18.2. The predicted molar refractivity (Wildman–Crippen MR) is 61.1 cm³/mol. The van der Waals surface area contributed by atoms with E-state index in [4.69, 9.17) is 10.8 Å². The van der Waals surface area contributed by atoms with Gasteiger partial charge in [-0.1, -0.05) is 0 Å². The highest BCUT2D eigenvalue weighted by atomic mass is 19.4. The average Bonchev–Trinajstić information content (AvgIpc) is 2.32. The van der Waals surface area contributed by atoms with Crippen molar-refractivity contribution < 1.29 is 32.7 Å². The fourth-order valence-electron chi connectivity index (χ4n) is 1.32. The minimum absolute atomic E-state index is 0.211. The maximum atomic E-state index is 12.4. The summed E-state index contributed by atoms with van der Waals surface area (Å²) in [5.74, 6) is -1.78. The van der Waals surface area contributed by atoms with Crippen molar-refractivity contribution in [2.75, 3.05) is 0 Å². The number of alkyl halides is 3. The van der Waals surface area contributed by atoms with E-state index >= 15 is 0 Å². The molecule has 7 nitrogen and oxygen atoms in total. The lowest BCUT2D eigenvalue weighted by molar-refractivity contribution is -0.212. The van der Waals surface area contributed by atoms with Gasteiger partial charge in [-0.25, -0.2) is 0 Å². The van der Waals surface area contributed by atoms with Gasteiger partial charge in [0.1, 0.15) is 6.04 Å². The molecule has 10 heteroatoms. The minimum atomic E-state index is -4.96. The van der Waals surface area contributed by atoms with Gasteiger partial charge >= 0.3 is 6.18 Å². The smallest absolute Gasteiger partial charge is 0.382 e. The van der Waals surface area contributed by atoms with Crippen LogP contribution in [0, 0.1) is 0 Å². The Labute approximate surface area is 112 Å². The Kier molecular flexibility index (Phi) is 6.97. The third kappa shape index (κ3) is 6.36. The van der Waals surface area contributed by atoms with Gasteiger partial charge in [-0.15, -0.1) is 0 Å².